The van der Waals surface area contributed by atoms with Gasteiger partial charge in [0.15, 0.2) is 0 Å². The molecule has 1 aliphatic rings. The highest BCUT2D eigenvalue weighted by atomic mass is 35.5. The Balaban J connectivity index is 1.72. The molecule has 0 amide bonds. The Bertz CT molecular complexity index is 654. The van der Waals surface area contributed by atoms with Gasteiger partial charge in [-0.15, -0.1) is 9.97 Å². The van der Waals surface area contributed by atoms with Gasteiger partial charge in [0.2, 0.25) is 5.28 Å². The molecule has 0 unspecified atom stereocenters. The SMILES string of the molecule is CCCCCCCCCCCC(=O)OCC[N+]1(c2nc(Cl)nc(OC)n2)CCCCC1. The summed E-state index contributed by atoms with van der Waals surface area (Å²) in [6.45, 7) is 5.06. The highest BCUT2D eigenvalue weighted by Crippen LogP contribution is 2.27. The standard InChI is InChI=1S/C23H40ClN4O3/c1-3-4-5-6-7-8-9-10-12-15-20(29)31-19-18-28(16-13-11-14-17-28)22-25-21(24)26-23(27-22)30-2/h3-19H2,1-2H3/q+1. The van der Waals surface area contributed by atoms with Crippen LogP contribution in [-0.2, 0) is 9.53 Å². The van der Waals surface area contributed by atoms with Crippen molar-refractivity contribution in [1.29, 1.82) is 0 Å². The van der Waals surface area contributed by atoms with Crippen molar-refractivity contribution in [3.63, 3.8) is 0 Å². The van der Waals surface area contributed by atoms with Crippen molar-refractivity contribution in [2.24, 2.45) is 0 Å². The molecule has 0 atom stereocenters. The van der Waals surface area contributed by atoms with Gasteiger partial charge in [-0.05, 0) is 37.3 Å². The summed E-state index contributed by atoms with van der Waals surface area (Å²) >= 11 is 6.08. The fourth-order valence-corrected chi connectivity index (χ4v) is 4.40. The van der Waals surface area contributed by atoms with Crippen LogP contribution in [0.4, 0.5) is 5.95 Å². The van der Waals surface area contributed by atoms with Crippen LogP contribution in [0.1, 0.15) is 90.4 Å². The molecule has 1 saturated heterocycles. The van der Waals surface area contributed by atoms with Gasteiger partial charge in [-0.3, -0.25) is 9.28 Å². The van der Waals surface area contributed by atoms with E-state index in [1.165, 1.54) is 58.5 Å². The minimum Gasteiger partial charge on any atom is -0.467 e. The fourth-order valence-electron chi connectivity index (χ4n) is 4.25. The van der Waals surface area contributed by atoms with Gasteiger partial charge in [0, 0.05) is 6.42 Å². The maximum absolute atomic E-state index is 12.2. The van der Waals surface area contributed by atoms with Gasteiger partial charge in [0.25, 0.3) is 0 Å². The van der Waals surface area contributed by atoms with E-state index in [0.29, 0.717) is 30.0 Å². The number of rotatable bonds is 15. The summed E-state index contributed by atoms with van der Waals surface area (Å²) in [6.07, 6.45) is 15.0. The van der Waals surface area contributed by atoms with Crippen molar-refractivity contribution in [1.82, 2.24) is 19.4 Å². The van der Waals surface area contributed by atoms with Crippen molar-refractivity contribution in [3.05, 3.63) is 5.28 Å². The van der Waals surface area contributed by atoms with Crippen molar-refractivity contribution in [2.75, 3.05) is 33.4 Å². The molecular weight excluding hydrogens is 416 g/mol. The number of likely N-dealkylation sites (tertiary alicyclic amines) is 1. The molecular formula is C23H40ClN4O3+. The average Bonchev–Trinajstić information content (AvgIpc) is 2.78. The molecule has 0 aliphatic carbocycles. The van der Waals surface area contributed by atoms with E-state index in [0.717, 1.165) is 38.8 Å². The zero-order valence-corrected chi connectivity index (χ0v) is 20.2. The quantitative estimate of drug-likeness (QED) is 0.198. The highest BCUT2D eigenvalue weighted by Gasteiger charge is 2.36. The lowest BCUT2D eigenvalue weighted by atomic mass is 10.1. The Hall–Kier alpha value is -1.47. The molecule has 0 bridgehead atoms. The van der Waals surface area contributed by atoms with Crippen molar-refractivity contribution >= 4 is 23.5 Å². The Kier molecular flexibility index (Phi) is 12.1. The van der Waals surface area contributed by atoms with Crippen LogP contribution in [0.2, 0.25) is 5.28 Å². The van der Waals surface area contributed by atoms with E-state index in [2.05, 4.69) is 21.9 Å². The molecule has 1 aromatic heterocycles. The van der Waals surface area contributed by atoms with E-state index in [1.54, 1.807) is 0 Å². The van der Waals surface area contributed by atoms with Crippen LogP contribution in [0, 0.1) is 0 Å². The third kappa shape index (κ3) is 9.27. The summed E-state index contributed by atoms with van der Waals surface area (Å²) in [5, 5.41) is 0.132. The molecule has 1 aromatic rings. The number of nitrogens with zero attached hydrogens (tertiary/aromatic N) is 4. The molecule has 0 radical (unpaired) electrons. The van der Waals surface area contributed by atoms with E-state index < -0.39 is 0 Å². The lowest BCUT2D eigenvalue weighted by Crippen LogP contribution is -2.55. The van der Waals surface area contributed by atoms with E-state index in [1.807, 2.05) is 0 Å². The van der Waals surface area contributed by atoms with E-state index >= 15 is 0 Å². The molecule has 1 aliphatic heterocycles. The zero-order valence-electron chi connectivity index (χ0n) is 19.4. The van der Waals surface area contributed by atoms with Gasteiger partial charge < -0.3 is 9.47 Å². The second-order valence-corrected chi connectivity index (χ2v) is 8.90. The summed E-state index contributed by atoms with van der Waals surface area (Å²) < 4.78 is 11.3. The molecule has 0 spiro atoms. The number of unbranched alkanes of at least 4 members (excludes halogenated alkanes) is 8. The van der Waals surface area contributed by atoms with E-state index in [9.17, 15) is 4.79 Å². The first-order valence-electron chi connectivity index (χ1n) is 12.1. The summed E-state index contributed by atoms with van der Waals surface area (Å²) in [6, 6.07) is 0.223. The Morgan fingerprint density at radius 3 is 2.23 bits per heavy atom. The molecule has 8 heteroatoms. The summed E-state index contributed by atoms with van der Waals surface area (Å²) in [5.41, 5.74) is 0. The normalized spacial score (nSPS) is 15.6. The fraction of sp³-hybridized carbons (Fsp3) is 0.826. The number of hydrogen-bond acceptors (Lipinski definition) is 6. The Morgan fingerprint density at radius 2 is 1.58 bits per heavy atom. The van der Waals surface area contributed by atoms with Crippen molar-refractivity contribution in [2.45, 2.75) is 90.4 Å². The number of aromatic nitrogens is 3. The Morgan fingerprint density at radius 1 is 0.935 bits per heavy atom. The zero-order chi connectivity index (χ0) is 22.4. The third-order valence-corrected chi connectivity index (χ3v) is 6.29. The minimum atomic E-state index is -0.107. The number of carbonyl (C=O) groups excluding carboxylic acids is 1. The number of methoxy groups -OCH3 is 1. The van der Waals surface area contributed by atoms with Crippen LogP contribution in [0.5, 0.6) is 6.01 Å². The van der Waals surface area contributed by atoms with Gasteiger partial charge in [-0.1, -0.05) is 58.3 Å². The molecule has 2 rings (SSSR count). The number of quaternary nitrogens is 1. The molecule has 7 nitrogen and oxygen atoms in total. The van der Waals surface area contributed by atoms with Crippen LogP contribution in [0.3, 0.4) is 0 Å². The van der Waals surface area contributed by atoms with Gasteiger partial charge in [0.1, 0.15) is 13.2 Å². The number of esters is 1. The van der Waals surface area contributed by atoms with Gasteiger partial charge in [-0.2, -0.15) is 4.98 Å². The number of ether oxygens (including phenoxy) is 2. The maximum atomic E-state index is 12.2. The predicted molar refractivity (Wildman–Crippen MR) is 124 cm³/mol. The first-order chi connectivity index (χ1) is 15.1. The van der Waals surface area contributed by atoms with E-state index in [4.69, 9.17) is 21.1 Å². The average molecular weight is 456 g/mol. The number of halogens is 1. The highest BCUT2D eigenvalue weighted by molar-refractivity contribution is 6.28. The first-order valence-corrected chi connectivity index (χ1v) is 12.5. The van der Waals surface area contributed by atoms with Gasteiger partial charge >= 0.3 is 17.9 Å². The second kappa shape index (κ2) is 14.6. The third-order valence-electron chi connectivity index (χ3n) is 6.12. The lowest BCUT2D eigenvalue weighted by Gasteiger charge is -2.38. The maximum Gasteiger partial charge on any atom is 0.336 e. The number of carbonyl (C=O) groups is 1. The lowest BCUT2D eigenvalue weighted by molar-refractivity contribution is -0.144. The topological polar surface area (TPSA) is 74.2 Å². The largest absolute Gasteiger partial charge is 0.467 e. The Labute approximate surface area is 192 Å². The predicted octanol–water partition coefficient (Wildman–Crippen LogP) is 5.49. The number of piperidine rings is 1. The first kappa shape index (κ1) is 25.8. The van der Waals surface area contributed by atoms with E-state index in [-0.39, 0.29) is 17.3 Å². The molecule has 176 valence electrons. The van der Waals surface area contributed by atoms with Crippen LogP contribution in [-0.4, -0.2) is 54.3 Å². The smallest absolute Gasteiger partial charge is 0.336 e. The van der Waals surface area contributed by atoms with Crippen molar-refractivity contribution in [3.8, 4) is 6.01 Å². The second-order valence-electron chi connectivity index (χ2n) is 8.57. The van der Waals surface area contributed by atoms with Crippen molar-refractivity contribution < 1.29 is 14.3 Å². The molecule has 1 fully saturated rings. The molecule has 31 heavy (non-hydrogen) atoms. The number of hydrogen-bond donors (Lipinski definition) is 0. The van der Waals surface area contributed by atoms with Crippen LogP contribution >= 0.6 is 11.6 Å². The molecule has 0 saturated carbocycles. The molecule has 2 heterocycles. The van der Waals surface area contributed by atoms with Crippen LogP contribution in [0.15, 0.2) is 0 Å². The summed E-state index contributed by atoms with van der Waals surface area (Å²) in [7, 11) is 1.52. The minimum absolute atomic E-state index is 0.107. The molecule has 0 aromatic carbocycles. The monoisotopic (exact) mass is 455 g/mol. The summed E-state index contributed by atoms with van der Waals surface area (Å²) in [5.74, 6) is 0.496. The van der Waals surface area contributed by atoms with Crippen LogP contribution < -0.4 is 9.22 Å². The van der Waals surface area contributed by atoms with Gasteiger partial charge in [0.05, 0.1) is 20.2 Å². The molecule has 0 N–H and O–H groups in total. The van der Waals surface area contributed by atoms with Gasteiger partial charge in [-0.25, -0.2) is 0 Å². The van der Waals surface area contributed by atoms with Crippen LogP contribution in [0.25, 0.3) is 0 Å². The summed E-state index contributed by atoms with van der Waals surface area (Å²) in [4.78, 5) is 25.0.